The molecule has 2 heterocycles. The summed E-state index contributed by atoms with van der Waals surface area (Å²) in [5.74, 6) is 1.45. The molecule has 0 radical (unpaired) electrons. The normalized spacial score (nSPS) is 12.5. The molecule has 0 unspecified atom stereocenters. The molecule has 0 spiro atoms. The van der Waals surface area contributed by atoms with Crippen LogP contribution in [0.3, 0.4) is 0 Å². The van der Waals surface area contributed by atoms with Crippen molar-refractivity contribution in [1.82, 2.24) is 9.97 Å². The first-order chi connectivity index (χ1) is 14.6. The molecule has 30 heavy (non-hydrogen) atoms. The van der Waals surface area contributed by atoms with Crippen LogP contribution in [-0.4, -0.2) is 16.5 Å². The van der Waals surface area contributed by atoms with E-state index in [1.165, 1.54) is 6.08 Å². The van der Waals surface area contributed by atoms with Gasteiger partial charge in [0.2, 0.25) is 5.95 Å². The number of nitrogens with zero attached hydrogens (tertiary/aromatic N) is 5. The Labute approximate surface area is 175 Å². The Bertz CT molecular complexity index is 1210. The van der Waals surface area contributed by atoms with E-state index in [-0.39, 0.29) is 0 Å². The monoisotopic (exact) mass is 392 g/mol. The first-order valence-corrected chi connectivity index (χ1v) is 9.68. The average molecular weight is 392 g/mol. The second-order valence-electron chi connectivity index (χ2n) is 7.16. The van der Waals surface area contributed by atoms with E-state index in [0.29, 0.717) is 11.5 Å². The van der Waals surface area contributed by atoms with Gasteiger partial charge in [-0.2, -0.15) is 15.5 Å². The Hall–Kier alpha value is -4.16. The third-order valence-electron chi connectivity index (χ3n) is 5.17. The Balaban J connectivity index is 1.66. The summed E-state index contributed by atoms with van der Waals surface area (Å²) in [4.78, 5) is 11.7. The highest BCUT2D eigenvalue weighted by atomic mass is 15.3. The number of aryl methyl sites for hydroxylation is 2. The highest BCUT2D eigenvalue weighted by Gasteiger charge is 2.26. The van der Waals surface area contributed by atoms with Crippen LogP contribution < -0.4 is 10.2 Å². The fourth-order valence-corrected chi connectivity index (χ4v) is 3.69. The van der Waals surface area contributed by atoms with Gasteiger partial charge in [-0.3, -0.25) is 0 Å². The van der Waals surface area contributed by atoms with Crippen molar-refractivity contribution in [1.29, 1.82) is 10.5 Å². The Morgan fingerprint density at radius 1 is 1.07 bits per heavy atom. The lowest BCUT2D eigenvalue weighted by Crippen LogP contribution is -2.16. The molecule has 0 fully saturated rings. The van der Waals surface area contributed by atoms with Crippen LogP contribution >= 0.6 is 0 Å². The molecule has 1 aliphatic rings. The lowest BCUT2D eigenvalue weighted by molar-refractivity contribution is 0.981. The van der Waals surface area contributed by atoms with Crippen molar-refractivity contribution in [2.45, 2.75) is 20.3 Å². The second kappa shape index (κ2) is 8.06. The topological polar surface area (TPSA) is 88.6 Å². The summed E-state index contributed by atoms with van der Waals surface area (Å²) < 4.78 is 0. The standard InChI is InChI=1S/C24H20N6/c1-16-14-18(4-3-12-25)7-10-22(16)30-13-11-21-17(2)27-24(29-23(21)30)28-20-8-5-19(15-26)6-9-20/h3-10,14H,11,13H2,1-2H3,(H,27,28,29)/b4-3+. The van der Waals surface area contributed by atoms with Gasteiger partial charge >= 0.3 is 0 Å². The van der Waals surface area contributed by atoms with Crippen molar-refractivity contribution in [3.63, 3.8) is 0 Å². The van der Waals surface area contributed by atoms with Crippen LogP contribution in [-0.2, 0) is 6.42 Å². The van der Waals surface area contributed by atoms with Gasteiger partial charge in [0.05, 0.1) is 17.7 Å². The van der Waals surface area contributed by atoms with E-state index < -0.39 is 0 Å². The molecule has 3 aromatic rings. The van der Waals surface area contributed by atoms with Crippen LogP contribution in [0.25, 0.3) is 6.08 Å². The summed E-state index contributed by atoms with van der Waals surface area (Å²) in [5, 5.41) is 20.9. The molecule has 2 aromatic carbocycles. The van der Waals surface area contributed by atoms with Crippen LogP contribution in [0.5, 0.6) is 0 Å². The number of nitrogens with one attached hydrogen (secondary N) is 1. The minimum atomic E-state index is 0.536. The molecule has 4 rings (SSSR count). The molecule has 0 saturated carbocycles. The van der Waals surface area contributed by atoms with Gasteiger partial charge in [0.15, 0.2) is 0 Å². The number of hydrogen-bond donors (Lipinski definition) is 1. The Kier molecular flexibility index (Phi) is 5.15. The van der Waals surface area contributed by atoms with Gasteiger partial charge < -0.3 is 10.2 Å². The summed E-state index contributed by atoms with van der Waals surface area (Å²) in [6, 6.07) is 17.5. The predicted molar refractivity (Wildman–Crippen MR) is 118 cm³/mol. The van der Waals surface area contributed by atoms with Gasteiger partial charge in [-0.15, -0.1) is 0 Å². The number of aromatic nitrogens is 2. The van der Waals surface area contributed by atoms with Crippen molar-refractivity contribution < 1.29 is 0 Å². The molecule has 1 N–H and O–H groups in total. The molecule has 0 saturated heterocycles. The molecular formula is C24H20N6. The average Bonchev–Trinajstić information content (AvgIpc) is 3.17. The molecular weight excluding hydrogens is 372 g/mol. The Morgan fingerprint density at radius 2 is 1.87 bits per heavy atom. The zero-order chi connectivity index (χ0) is 21.1. The lowest BCUT2D eigenvalue weighted by atomic mass is 10.1. The third kappa shape index (κ3) is 3.72. The van der Waals surface area contributed by atoms with Crippen molar-refractivity contribution in [2.24, 2.45) is 0 Å². The molecule has 1 aromatic heterocycles. The number of benzene rings is 2. The van der Waals surface area contributed by atoms with Gasteiger partial charge in [-0.1, -0.05) is 6.07 Å². The number of hydrogen-bond acceptors (Lipinski definition) is 6. The van der Waals surface area contributed by atoms with E-state index in [4.69, 9.17) is 15.5 Å². The van der Waals surface area contributed by atoms with Crippen LogP contribution in [0.1, 0.15) is 27.9 Å². The first kappa shape index (κ1) is 19.2. The fourth-order valence-electron chi connectivity index (χ4n) is 3.69. The fraction of sp³-hybridized carbons (Fsp3) is 0.167. The molecule has 0 atom stereocenters. The van der Waals surface area contributed by atoms with Crippen LogP contribution in [0.2, 0.25) is 0 Å². The van der Waals surface area contributed by atoms with Crippen LogP contribution in [0.4, 0.5) is 23.1 Å². The van der Waals surface area contributed by atoms with Gasteiger partial charge in [-0.05, 0) is 73.9 Å². The maximum absolute atomic E-state index is 8.96. The largest absolute Gasteiger partial charge is 0.325 e. The predicted octanol–water partition coefficient (Wildman–Crippen LogP) is 4.94. The zero-order valence-corrected chi connectivity index (χ0v) is 16.8. The first-order valence-electron chi connectivity index (χ1n) is 9.68. The smallest absolute Gasteiger partial charge is 0.229 e. The summed E-state index contributed by atoms with van der Waals surface area (Å²) in [5.41, 5.74) is 6.80. The van der Waals surface area contributed by atoms with Gasteiger partial charge in [0.1, 0.15) is 5.82 Å². The van der Waals surface area contributed by atoms with E-state index in [2.05, 4.69) is 40.3 Å². The molecule has 1 aliphatic heterocycles. The number of fused-ring (bicyclic) bond motifs is 1. The maximum Gasteiger partial charge on any atom is 0.229 e. The SMILES string of the molecule is Cc1cc(/C=C/C#N)ccc1N1CCc2c(C)nc(Nc3ccc(C#N)cc3)nc21. The van der Waals surface area contributed by atoms with E-state index >= 15 is 0 Å². The van der Waals surface area contributed by atoms with Crippen molar-refractivity contribution >= 4 is 29.2 Å². The minimum absolute atomic E-state index is 0.536. The summed E-state index contributed by atoms with van der Waals surface area (Å²) in [7, 11) is 0. The summed E-state index contributed by atoms with van der Waals surface area (Å²) in [6.45, 7) is 4.93. The third-order valence-corrected chi connectivity index (χ3v) is 5.17. The van der Waals surface area contributed by atoms with E-state index in [0.717, 1.165) is 52.5 Å². The summed E-state index contributed by atoms with van der Waals surface area (Å²) >= 11 is 0. The molecule has 146 valence electrons. The quantitative estimate of drug-likeness (QED) is 0.633. The minimum Gasteiger partial charge on any atom is -0.325 e. The van der Waals surface area contributed by atoms with Gasteiger partial charge in [-0.25, -0.2) is 4.98 Å². The molecule has 0 amide bonds. The van der Waals surface area contributed by atoms with E-state index in [9.17, 15) is 0 Å². The van der Waals surface area contributed by atoms with Crippen molar-refractivity contribution in [3.8, 4) is 12.1 Å². The lowest BCUT2D eigenvalue weighted by Gasteiger charge is -2.22. The van der Waals surface area contributed by atoms with Crippen LogP contribution in [0, 0.1) is 36.5 Å². The zero-order valence-electron chi connectivity index (χ0n) is 16.8. The maximum atomic E-state index is 8.96. The van der Waals surface area contributed by atoms with E-state index in [1.807, 2.05) is 31.2 Å². The molecule has 0 bridgehead atoms. The molecule has 0 aliphatic carbocycles. The van der Waals surface area contributed by atoms with E-state index in [1.54, 1.807) is 18.2 Å². The summed E-state index contributed by atoms with van der Waals surface area (Å²) in [6.07, 6.45) is 4.19. The highest BCUT2D eigenvalue weighted by Crippen LogP contribution is 2.37. The number of allylic oxidation sites excluding steroid dienone is 1. The molecule has 6 nitrogen and oxygen atoms in total. The number of nitriles is 2. The number of rotatable bonds is 4. The number of anilines is 4. The molecule has 6 heteroatoms. The highest BCUT2D eigenvalue weighted by molar-refractivity contribution is 5.72. The van der Waals surface area contributed by atoms with Gasteiger partial charge in [0, 0.05) is 35.3 Å². The van der Waals surface area contributed by atoms with Crippen molar-refractivity contribution in [2.75, 3.05) is 16.8 Å². The van der Waals surface area contributed by atoms with Crippen LogP contribution in [0.15, 0.2) is 48.5 Å². The second-order valence-corrected chi connectivity index (χ2v) is 7.16. The Morgan fingerprint density at radius 3 is 2.57 bits per heavy atom. The van der Waals surface area contributed by atoms with Crippen molar-refractivity contribution in [3.05, 3.63) is 76.5 Å². The van der Waals surface area contributed by atoms with Gasteiger partial charge in [0.25, 0.3) is 0 Å².